The van der Waals surface area contributed by atoms with Crippen molar-refractivity contribution in [1.29, 1.82) is 0 Å². The van der Waals surface area contributed by atoms with Gasteiger partial charge in [-0.15, -0.1) is 0 Å². The molecule has 0 saturated heterocycles. The zero-order valence-corrected chi connectivity index (χ0v) is 12.9. The molecular formula is C19H27N. The predicted molar refractivity (Wildman–Crippen MR) is 86.3 cm³/mol. The summed E-state index contributed by atoms with van der Waals surface area (Å²) in [4.78, 5) is 0. The summed E-state index contributed by atoms with van der Waals surface area (Å²) >= 11 is 0. The third-order valence-corrected chi connectivity index (χ3v) is 4.08. The molecule has 1 heteroatoms. The van der Waals surface area contributed by atoms with Crippen LogP contribution in [-0.4, -0.2) is 6.04 Å². The van der Waals surface area contributed by atoms with Gasteiger partial charge in [-0.05, 0) is 24.3 Å². The molecule has 1 aliphatic carbocycles. The second kappa shape index (κ2) is 8.12. The average Bonchev–Trinajstić information content (AvgIpc) is 2.49. The van der Waals surface area contributed by atoms with Crippen molar-refractivity contribution in [3.05, 3.63) is 35.9 Å². The Balaban J connectivity index is 1.88. The van der Waals surface area contributed by atoms with Crippen molar-refractivity contribution in [3.63, 3.8) is 0 Å². The quantitative estimate of drug-likeness (QED) is 0.800. The van der Waals surface area contributed by atoms with Crippen LogP contribution in [-0.2, 0) is 6.54 Å². The maximum atomic E-state index is 3.60. The van der Waals surface area contributed by atoms with Gasteiger partial charge in [0.1, 0.15) is 0 Å². The first kappa shape index (κ1) is 15.1. The van der Waals surface area contributed by atoms with Crippen molar-refractivity contribution in [1.82, 2.24) is 5.32 Å². The average molecular weight is 269 g/mol. The topological polar surface area (TPSA) is 12.0 Å². The summed E-state index contributed by atoms with van der Waals surface area (Å²) in [5, 5.41) is 3.60. The number of hydrogen-bond donors (Lipinski definition) is 1. The van der Waals surface area contributed by atoms with Crippen LogP contribution in [0.4, 0.5) is 0 Å². The Morgan fingerprint density at radius 2 is 1.80 bits per heavy atom. The van der Waals surface area contributed by atoms with Gasteiger partial charge >= 0.3 is 0 Å². The molecule has 1 aliphatic rings. The highest BCUT2D eigenvalue weighted by Gasteiger charge is 2.12. The first-order valence-corrected chi connectivity index (χ1v) is 8.04. The lowest BCUT2D eigenvalue weighted by molar-refractivity contribution is 0.427. The third-order valence-electron chi connectivity index (χ3n) is 4.08. The molecule has 1 N–H and O–H groups in total. The fourth-order valence-corrected chi connectivity index (χ4v) is 2.73. The fourth-order valence-electron chi connectivity index (χ4n) is 2.73. The Bertz CT molecular complexity index is 432. The number of hydrogen-bond acceptors (Lipinski definition) is 1. The van der Waals surface area contributed by atoms with Crippen LogP contribution in [0.15, 0.2) is 30.3 Å². The highest BCUT2D eigenvalue weighted by molar-refractivity contribution is 5.16. The largest absolute Gasteiger partial charge is 0.299 e. The van der Waals surface area contributed by atoms with Gasteiger partial charge in [0, 0.05) is 12.5 Å². The van der Waals surface area contributed by atoms with Gasteiger partial charge in [-0.1, -0.05) is 75.3 Å². The maximum Gasteiger partial charge on any atom is 0.0715 e. The molecule has 1 saturated carbocycles. The summed E-state index contributed by atoms with van der Waals surface area (Å²) in [6.45, 7) is 5.40. The highest BCUT2D eigenvalue weighted by atomic mass is 14.9. The molecule has 20 heavy (non-hydrogen) atoms. The van der Waals surface area contributed by atoms with Gasteiger partial charge in [-0.25, -0.2) is 0 Å². The van der Waals surface area contributed by atoms with Crippen molar-refractivity contribution in [2.75, 3.05) is 0 Å². The molecule has 0 amide bonds. The Labute approximate surface area is 124 Å². The molecule has 1 unspecified atom stereocenters. The van der Waals surface area contributed by atoms with E-state index in [0.717, 1.165) is 6.54 Å². The molecule has 1 fully saturated rings. The van der Waals surface area contributed by atoms with Gasteiger partial charge in [-0.2, -0.15) is 0 Å². The zero-order valence-electron chi connectivity index (χ0n) is 12.9. The summed E-state index contributed by atoms with van der Waals surface area (Å²) in [6, 6.07) is 10.9. The fraction of sp³-hybridized carbons (Fsp3) is 0.579. The smallest absolute Gasteiger partial charge is 0.0715 e. The van der Waals surface area contributed by atoms with Gasteiger partial charge in [0.25, 0.3) is 0 Å². The van der Waals surface area contributed by atoms with E-state index in [2.05, 4.69) is 61.3 Å². The van der Waals surface area contributed by atoms with Crippen LogP contribution in [0.5, 0.6) is 0 Å². The zero-order chi connectivity index (χ0) is 14.2. The Morgan fingerprint density at radius 3 is 2.45 bits per heavy atom. The third kappa shape index (κ3) is 5.02. The maximum absolute atomic E-state index is 3.60. The van der Waals surface area contributed by atoms with Gasteiger partial charge < -0.3 is 0 Å². The summed E-state index contributed by atoms with van der Waals surface area (Å²) in [5.74, 6) is 8.22. The lowest BCUT2D eigenvalue weighted by Crippen LogP contribution is -2.32. The van der Waals surface area contributed by atoms with Crippen molar-refractivity contribution in [3.8, 4) is 11.8 Å². The van der Waals surface area contributed by atoms with Crippen LogP contribution in [0.3, 0.4) is 0 Å². The summed E-state index contributed by atoms with van der Waals surface area (Å²) < 4.78 is 0. The summed E-state index contributed by atoms with van der Waals surface area (Å²) in [7, 11) is 0. The molecular weight excluding hydrogens is 242 g/mol. The van der Waals surface area contributed by atoms with Crippen LogP contribution >= 0.6 is 0 Å². The lowest BCUT2D eigenvalue weighted by Gasteiger charge is -2.19. The molecule has 108 valence electrons. The van der Waals surface area contributed by atoms with E-state index >= 15 is 0 Å². The minimum absolute atomic E-state index is 0.303. The molecule has 1 aromatic rings. The van der Waals surface area contributed by atoms with Crippen molar-refractivity contribution in [2.45, 2.75) is 58.5 Å². The molecule has 1 nitrogen and oxygen atoms in total. The van der Waals surface area contributed by atoms with Crippen molar-refractivity contribution < 1.29 is 0 Å². The summed E-state index contributed by atoms with van der Waals surface area (Å²) in [6.07, 6.45) is 6.73. The van der Waals surface area contributed by atoms with Crippen LogP contribution in [0.1, 0.15) is 51.5 Å². The molecule has 1 atom stereocenters. The van der Waals surface area contributed by atoms with E-state index in [4.69, 9.17) is 0 Å². The molecule has 0 aromatic heterocycles. The Morgan fingerprint density at radius 1 is 1.10 bits per heavy atom. The molecule has 2 rings (SSSR count). The van der Waals surface area contributed by atoms with Crippen LogP contribution in [0.25, 0.3) is 0 Å². The van der Waals surface area contributed by atoms with Gasteiger partial charge in [0.05, 0.1) is 6.04 Å². The van der Waals surface area contributed by atoms with E-state index in [0.29, 0.717) is 17.9 Å². The van der Waals surface area contributed by atoms with E-state index in [1.165, 1.54) is 37.7 Å². The molecule has 0 radical (unpaired) electrons. The van der Waals surface area contributed by atoms with Crippen LogP contribution < -0.4 is 5.32 Å². The number of rotatable bonds is 4. The first-order chi connectivity index (χ1) is 9.75. The minimum Gasteiger partial charge on any atom is -0.299 e. The lowest BCUT2D eigenvalue weighted by atomic mass is 9.89. The van der Waals surface area contributed by atoms with E-state index in [-0.39, 0.29) is 0 Å². The molecule has 0 aliphatic heterocycles. The molecule has 0 bridgehead atoms. The predicted octanol–water partition coefficient (Wildman–Crippen LogP) is 4.38. The second-order valence-corrected chi connectivity index (χ2v) is 6.21. The second-order valence-electron chi connectivity index (χ2n) is 6.21. The van der Waals surface area contributed by atoms with Gasteiger partial charge in [0.2, 0.25) is 0 Å². The van der Waals surface area contributed by atoms with E-state index in [1.807, 2.05) is 0 Å². The minimum atomic E-state index is 0.303. The molecule has 1 aromatic carbocycles. The monoisotopic (exact) mass is 269 g/mol. The van der Waals surface area contributed by atoms with Crippen molar-refractivity contribution in [2.24, 2.45) is 11.8 Å². The standard InChI is InChI=1S/C19H27N/c1-16(2)19(14-13-17-9-5-3-6-10-17)20-15-18-11-7-4-8-12-18/h4,7-8,11-12,16-17,19-20H,3,5-6,9-10,15H2,1-2H3. The van der Waals surface area contributed by atoms with Crippen LogP contribution in [0.2, 0.25) is 0 Å². The SMILES string of the molecule is CC(C)C(C#CC1CCCCC1)NCc1ccccc1. The van der Waals surface area contributed by atoms with Gasteiger partial charge in [-0.3, -0.25) is 5.32 Å². The number of benzene rings is 1. The van der Waals surface area contributed by atoms with Crippen LogP contribution in [0, 0.1) is 23.7 Å². The summed E-state index contributed by atoms with van der Waals surface area (Å²) in [5.41, 5.74) is 1.33. The van der Waals surface area contributed by atoms with E-state index in [9.17, 15) is 0 Å². The highest BCUT2D eigenvalue weighted by Crippen LogP contribution is 2.22. The van der Waals surface area contributed by atoms with Gasteiger partial charge in [0.15, 0.2) is 0 Å². The van der Waals surface area contributed by atoms with E-state index < -0.39 is 0 Å². The molecule has 0 heterocycles. The Kier molecular flexibility index (Phi) is 6.15. The molecule has 0 spiro atoms. The Hall–Kier alpha value is -1.26. The van der Waals surface area contributed by atoms with Crippen molar-refractivity contribution >= 4 is 0 Å². The number of nitrogens with one attached hydrogen (secondary N) is 1. The first-order valence-electron chi connectivity index (χ1n) is 8.04. The van der Waals surface area contributed by atoms with E-state index in [1.54, 1.807) is 0 Å². The normalized spacial score (nSPS) is 17.6.